The number of thioether (sulfide) groups is 1. The molecule has 8 nitrogen and oxygen atoms in total. The van der Waals surface area contributed by atoms with E-state index in [1.54, 1.807) is 18.6 Å². The van der Waals surface area contributed by atoms with Crippen LogP contribution in [0, 0.1) is 18.3 Å². The predicted molar refractivity (Wildman–Crippen MR) is 132 cm³/mol. The molecule has 1 aromatic rings. The number of amides is 1. The lowest BCUT2D eigenvalue weighted by molar-refractivity contribution is -0.122. The molecule has 2 saturated heterocycles. The van der Waals surface area contributed by atoms with Crippen LogP contribution in [0.4, 0.5) is 5.82 Å². The molecule has 2 fully saturated rings. The van der Waals surface area contributed by atoms with Crippen LogP contribution in [0.15, 0.2) is 9.70 Å². The maximum atomic E-state index is 13.2. The summed E-state index contributed by atoms with van der Waals surface area (Å²) in [6, 6.07) is 2.09. The quantitative estimate of drug-likeness (QED) is 0.438. The Morgan fingerprint density at radius 2 is 1.91 bits per heavy atom. The van der Waals surface area contributed by atoms with E-state index in [9.17, 15) is 14.9 Å². The van der Waals surface area contributed by atoms with Gasteiger partial charge in [-0.05, 0) is 32.0 Å². The molecule has 1 amide bonds. The van der Waals surface area contributed by atoms with Gasteiger partial charge >= 0.3 is 0 Å². The Kier molecular flexibility index (Phi) is 8.11. The van der Waals surface area contributed by atoms with Gasteiger partial charge in [-0.1, -0.05) is 30.9 Å². The van der Waals surface area contributed by atoms with E-state index in [4.69, 9.17) is 17.0 Å². The van der Waals surface area contributed by atoms with Crippen LogP contribution < -0.4 is 10.5 Å². The number of hydrogen-bond acceptors (Lipinski definition) is 8. The second-order valence-corrected chi connectivity index (χ2v) is 9.60. The first-order valence-electron chi connectivity index (χ1n) is 10.7. The maximum absolute atomic E-state index is 13.2. The number of nitrogens with zero attached hydrogens (tertiary/aromatic N) is 5. The first-order chi connectivity index (χ1) is 15.3. The SMILES string of the molecule is CCCn1c(N2CCN(C)CC2)c(/C=C2/SC(=S)N(CCOC)C2=O)c(C)c(C#N)c1=O. The number of methoxy groups -OCH3 is 1. The van der Waals surface area contributed by atoms with Gasteiger partial charge in [0.1, 0.15) is 21.8 Å². The fraction of sp³-hybridized carbons (Fsp3) is 0.545. The number of ether oxygens (including phenoxy) is 1. The zero-order chi connectivity index (χ0) is 23.4. The van der Waals surface area contributed by atoms with Crippen LogP contribution in [0.1, 0.15) is 30.0 Å². The van der Waals surface area contributed by atoms with Crippen molar-refractivity contribution >= 4 is 46.1 Å². The standard InChI is InChI=1S/C22H29N5O3S2/c1-5-6-26-19(25-9-7-24(3)8-10-25)16(15(2)17(14-23)20(26)28)13-18-21(29)27(11-12-30-4)22(31)32-18/h13H,5-12H2,1-4H3/b18-13+. The molecular formula is C22H29N5O3S2. The highest BCUT2D eigenvalue weighted by Crippen LogP contribution is 2.36. The molecule has 2 aliphatic heterocycles. The molecule has 172 valence electrons. The third-order valence-electron chi connectivity index (χ3n) is 5.76. The molecular weight excluding hydrogens is 446 g/mol. The van der Waals surface area contributed by atoms with Crippen molar-refractivity contribution in [3.8, 4) is 6.07 Å². The summed E-state index contributed by atoms with van der Waals surface area (Å²) in [7, 11) is 3.66. The van der Waals surface area contributed by atoms with Crippen molar-refractivity contribution in [2.75, 3.05) is 58.4 Å². The van der Waals surface area contributed by atoms with E-state index in [-0.39, 0.29) is 17.0 Å². The number of piperazine rings is 1. The van der Waals surface area contributed by atoms with Crippen LogP contribution in [0.25, 0.3) is 6.08 Å². The van der Waals surface area contributed by atoms with Gasteiger partial charge in [-0.2, -0.15) is 5.26 Å². The first kappa shape index (κ1) is 24.5. The average Bonchev–Trinajstić information content (AvgIpc) is 3.04. The van der Waals surface area contributed by atoms with Gasteiger partial charge in [0.2, 0.25) is 0 Å². The monoisotopic (exact) mass is 475 g/mol. The summed E-state index contributed by atoms with van der Waals surface area (Å²) in [4.78, 5) is 32.7. The highest BCUT2D eigenvalue weighted by Gasteiger charge is 2.33. The van der Waals surface area contributed by atoms with Gasteiger partial charge in [0.25, 0.3) is 11.5 Å². The third-order valence-corrected chi connectivity index (χ3v) is 7.14. The molecule has 1 aromatic heterocycles. The number of nitriles is 1. The minimum absolute atomic E-state index is 0.123. The molecule has 2 aliphatic rings. The molecule has 10 heteroatoms. The summed E-state index contributed by atoms with van der Waals surface area (Å²) in [6.07, 6.45) is 2.56. The van der Waals surface area contributed by atoms with Gasteiger partial charge in [0.05, 0.1) is 18.1 Å². The van der Waals surface area contributed by atoms with E-state index in [0.717, 1.165) is 44.0 Å². The van der Waals surface area contributed by atoms with Gasteiger partial charge in [-0.25, -0.2) is 0 Å². The average molecular weight is 476 g/mol. The van der Waals surface area contributed by atoms with Crippen LogP contribution in [0.3, 0.4) is 0 Å². The van der Waals surface area contributed by atoms with Crippen molar-refractivity contribution < 1.29 is 9.53 Å². The molecule has 0 aromatic carbocycles. The molecule has 0 radical (unpaired) electrons. The minimum Gasteiger partial charge on any atom is -0.383 e. The van der Waals surface area contributed by atoms with Crippen molar-refractivity contribution in [3.63, 3.8) is 0 Å². The molecule has 32 heavy (non-hydrogen) atoms. The fourth-order valence-corrected chi connectivity index (χ4v) is 5.23. The zero-order valence-electron chi connectivity index (χ0n) is 19.0. The van der Waals surface area contributed by atoms with Crippen LogP contribution >= 0.6 is 24.0 Å². The Bertz CT molecular complexity index is 1040. The molecule has 0 atom stereocenters. The predicted octanol–water partition coefficient (Wildman–Crippen LogP) is 2.04. The van der Waals surface area contributed by atoms with Crippen LogP contribution in [-0.2, 0) is 16.1 Å². The largest absolute Gasteiger partial charge is 0.383 e. The molecule has 0 bridgehead atoms. The van der Waals surface area contributed by atoms with Crippen molar-refractivity contribution in [2.24, 2.45) is 0 Å². The van der Waals surface area contributed by atoms with E-state index in [0.29, 0.717) is 34.5 Å². The second-order valence-electron chi connectivity index (χ2n) is 7.92. The highest BCUT2D eigenvalue weighted by atomic mass is 32.2. The minimum atomic E-state index is -0.273. The molecule has 0 saturated carbocycles. The zero-order valence-corrected chi connectivity index (χ0v) is 20.6. The Morgan fingerprint density at radius 1 is 1.22 bits per heavy atom. The fourth-order valence-electron chi connectivity index (χ4n) is 3.94. The van der Waals surface area contributed by atoms with Crippen LogP contribution in [0.2, 0.25) is 0 Å². The lowest BCUT2D eigenvalue weighted by Crippen LogP contribution is -2.47. The number of aromatic nitrogens is 1. The number of rotatable bonds is 7. The van der Waals surface area contributed by atoms with Gasteiger partial charge in [-0.3, -0.25) is 19.1 Å². The number of pyridine rings is 1. The first-order valence-corrected chi connectivity index (χ1v) is 11.9. The molecule has 0 unspecified atom stereocenters. The number of likely N-dealkylation sites (N-methyl/N-ethyl adjacent to an activating group) is 1. The molecule has 3 rings (SSSR count). The molecule has 3 heterocycles. The summed E-state index contributed by atoms with van der Waals surface area (Å²) in [5.41, 5.74) is 1.19. The summed E-state index contributed by atoms with van der Waals surface area (Å²) >= 11 is 6.66. The van der Waals surface area contributed by atoms with Crippen molar-refractivity contribution in [3.05, 3.63) is 31.9 Å². The third kappa shape index (κ3) is 4.76. The van der Waals surface area contributed by atoms with Crippen LogP contribution in [-0.4, -0.2) is 78.1 Å². The van der Waals surface area contributed by atoms with E-state index >= 15 is 0 Å². The normalized spacial score (nSPS) is 18.7. The lowest BCUT2D eigenvalue weighted by atomic mass is 10.0. The number of hydrogen-bond donors (Lipinski definition) is 0. The van der Waals surface area contributed by atoms with Crippen molar-refractivity contribution in [1.29, 1.82) is 5.26 Å². The highest BCUT2D eigenvalue weighted by molar-refractivity contribution is 8.26. The number of carbonyl (C=O) groups excluding carboxylic acids is 1. The van der Waals surface area contributed by atoms with E-state index in [1.165, 1.54) is 16.7 Å². The maximum Gasteiger partial charge on any atom is 0.270 e. The lowest BCUT2D eigenvalue weighted by Gasteiger charge is -2.36. The summed E-state index contributed by atoms with van der Waals surface area (Å²) < 4.78 is 7.29. The Labute approximate surface area is 198 Å². The summed E-state index contributed by atoms with van der Waals surface area (Å²) in [5, 5.41) is 9.73. The molecule has 0 aliphatic carbocycles. The van der Waals surface area contributed by atoms with E-state index in [1.807, 2.05) is 13.0 Å². The van der Waals surface area contributed by atoms with Gasteiger partial charge < -0.3 is 14.5 Å². The van der Waals surface area contributed by atoms with Crippen LogP contribution in [0.5, 0.6) is 0 Å². The number of carbonyl (C=O) groups is 1. The molecule has 0 spiro atoms. The van der Waals surface area contributed by atoms with Gasteiger partial charge in [0, 0.05) is 45.4 Å². The Balaban J connectivity index is 2.18. The summed E-state index contributed by atoms with van der Waals surface area (Å²) in [6.45, 7) is 8.36. The molecule has 0 N–H and O–H groups in total. The van der Waals surface area contributed by atoms with Gasteiger partial charge in [-0.15, -0.1) is 0 Å². The van der Waals surface area contributed by atoms with Crippen molar-refractivity contribution in [2.45, 2.75) is 26.8 Å². The smallest absolute Gasteiger partial charge is 0.270 e. The topological polar surface area (TPSA) is 81.8 Å². The van der Waals surface area contributed by atoms with E-state index < -0.39 is 0 Å². The second kappa shape index (κ2) is 10.6. The Hall–Kier alpha value is -2.19. The number of anilines is 1. The van der Waals surface area contributed by atoms with Crippen molar-refractivity contribution in [1.82, 2.24) is 14.4 Å². The summed E-state index contributed by atoms with van der Waals surface area (Å²) in [5.74, 6) is 0.608. The van der Waals surface area contributed by atoms with E-state index in [2.05, 4.69) is 22.9 Å². The van der Waals surface area contributed by atoms with Gasteiger partial charge in [0.15, 0.2) is 0 Å². The Morgan fingerprint density at radius 3 is 2.50 bits per heavy atom. The number of thiocarbonyl (C=S) groups is 1.